The average Bonchev–Trinajstić information content (AvgIpc) is 2.51. The summed E-state index contributed by atoms with van der Waals surface area (Å²) in [5.74, 6) is 0. The minimum atomic E-state index is 1.07. The smallest absolute Gasteiger partial charge is 0.104 e. The van der Waals surface area contributed by atoms with Gasteiger partial charge in [0, 0.05) is 10.0 Å². The van der Waals surface area contributed by atoms with Gasteiger partial charge in [-0.15, -0.1) is 0 Å². The Balaban J connectivity index is 2.53. The standard InChI is InChI=1S/C9H6BrIN2/c10-7-3-1-2-6(4-7)8-5-12-13-9(8)11/h1-5H,(H,12,13). The number of nitrogens with zero attached hydrogens (tertiary/aromatic N) is 1. The molecule has 0 aliphatic heterocycles. The summed E-state index contributed by atoms with van der Waals surface area (Å²) in [5, 5.41) is 6.89. The van der Waals surface area contributed by atoms with Crippen molar-refractivity contribution in [2.24, 2.45) is 0 Å². The number of nitrogens with one attached hydrogen (secondary N) is 1. The van der Waals surface area contributed by atoms with Crippen molar-refractivity contribution in [1.82, 2.24) is 10.2 Å². The van der Waals surface area contributed by atoms with Gasteiger partial charge in [-0.25, -0.2) is 0 Å². The Bertz CT molecular complexity index is 425. The van der Waals surface area contributed by atoms with Crippen molar-refractivity contribution in [1.29, 1.82) is 0 Å². The van der Waals surface area contributed by atoms with Gasteiger partial charge in [-0.05, 0) is 40.3 Å². The lowest BCUT2D eigenvalue weighted by Gasteiger charge is -1.98. The number of hydrogen-bond acceptors (Lipinski definition) is 1. The van der Waals surface area contributed by atoms with E-state index in [2.05, 4.69) is 60.9 Å². The summed E-state index contributed by atoms with van der Waals surface area (Å²) in [5.41, 5.74) is 2.31. The monoisotopic (exact) mass is 348 g/mol. The van der Waals surface area contributed by atoms with Crippen molar-refractivity contribution >= 4 is 38.5 Å². The number of halogens is 2. The molecule has 0 spiro atoms. The average molecular weight is 349 g/mol. The van der Waals surface area contributed by atoms with Crippen molar-refractivity contribution < 1.29 is 0 Å². The molecule has 0 unspecified atom stereocenters. The maximum absolute atomic E-state index is 3.98. The first kappa shape index (κ1) is 9.21. The quantitative estimate of drug-likeness (QED) is 0.786. The molecule has 0 saturated carbocycles. The lowest BCUT2D eigenvalue weighted by Crippen LogP contribution is -1.77. The molecule has 0 radical (unpaired) electrons. The van der Waals surface area contributed by atoms with Crippen LogP contribution in [-0.2, 0) is 0 Å². The first-order valence-corrected chi connectivity index (χ1v) is 5.59. The molecule has 0 bridgehead atoms. The molecule has 13 heavy (non-hydrogen) atoms. The van der Waals surface area contributed by atoms with Crippen LogP contribution >= 0.6 is 38.5 Å². The maximum Gasteiger partial charge on any atom is 0.104 e. The number of aromatic amines is 1. The molecule has 1 heterocycles. The van der Waals surface area contributed by atoms with Gasteiger partial charge in [0.1, 0.15) is 3.70 Å². The molecule has 0 amide bonds. The molecule has 1 aromatic heterocycles. The van der Waals surface area contributed by atoms with Gasteiger partial charge in [-0.3, -0.25) is 5.10 Å². The van der Waals surface area contributed by atoms with Gasteiger partial charge in [0.25, 0.3) is 0 Å². The Labute approximate surface area is 98.0 Å². The number of rotatable bonds is 1. The van der Waals surface area contributed by atoms with Crippen molar-refractivity contribution in [3.8, 4) is 11.1 Å². The van der Waals surface area contributed by atoms with E-state index in [0.717, 1.165) is 13.7 Å². The van der Waals surface area contributed by atoms with Gasteiger partial charge in [0.2, 0.25) is 0 Å². The third-order valence-corrected chi connectivity index (χ3v) is 3.04. The number of H-pyrrole nitrogens is 1. The van der Waals surface area contributed by atoms with Crippen LogP contribution in [0.15, 0.2) is 34.9 Å². The number of aromatic nitrogens is 2. The van der Waals surface area contributed by atoms with E-state index in [1.54, 1.807) is 0 Å². The first-order valence-electron chi connectivity index (χ1n) is 3.72. The van der Waals surface area contributed by atoms with Crippen LogP contribution in [0.3, 0.4) is 0 Å². The fourth-order valence-electron chi connectivity index (χ4n) is 1.13. The second-order valence-corrected chi connectivity index (χ2v) is 4.60. The van der Waals surface area contributed by atoms with Crippen molar-refractivity contribution in [3.63, 3.8) is 0 Å². The van der Waals surface area contributed by atoms with E-state index in [-0.39, 0.29) is 0 Å². The summed E-state index contributed by atoms with van der Waals surface area (Å²) in [6.45, 7) is 0. The van der Waals surface area contributed by atoms with Crippen LogP contribution in [0, 0.1) is 3.70 Å². The lowest BCUT2D eigenvalue weighted by molar-refractivity contribution is 1.07. The van der Waals surface area contributed by atoms with E-state index in [1.165, 1.54) is 5.56 Å². The summed E-state index contributed by atoms with van der Waals surface area (Å²) < 4.78 is 2.15. The molecule has 2 rings (SSSR count). The summed E-state index contributed by atoms with van der Waals surface area (Å²) in [4.78, 5) is 0. The lowest BCUT2D eigenvalue weighted by atomic mass is 10.1. The van der Waals surface area contributed by atoms with Gasteiger partial charge in [-0.1, -0.05) is 28.1 Å². The molecular formula is C9H6BrIN2. The summed E-state index contributed by atoms with van der Waals surface area (Å²) in [7, 11) is 0. The molecule has 0 aliphatic rings. The van der Waals surface area contributed by atoms with Crippen LogP contribution in [0.2, 0.25) is 0 Å². The molecule has 1 aromatic carbocycles. The third kappa shape index (κ3) is 1.94. The highest BCUT2D eigenvalue weighted by atomic mass is 127. The van der Waals surface area contributed by atoms with Gasteiger partial charge in [-0.2, -0.15) is 5.10 Å². The Hall–Kier alpha value is -0.360. The second-order valence-electron chi connectivity index (χ2n) is 2.61. The van der Waals surface area contributed by atoms with Crippen LogP contribution in [0.5, 0.6) is 0 Å². The highest BCUT2D eigenvalue weighted by Crippen LogP contribution is 2.25. The fourth-order valence-corrected chi connectivity index (χ4v) is 2.12. The summed E-state index contributed by atoms with van der Waals surface area (Å²) in [6, 6.07) is 8.17. The molecule has 1 N–H and O–H groups in total. The Morgan fingerprint density at radius 2 is 2.23 bits per heavy atom. The predicted molar refractivity (Wildman–Crippen MR) is 64.4 cm³/mol. The molecule has 0 fully saturated rings. The fraction of sp³-hybridized carbons (Fsp3) is 0. The molecular weight excluding hydrogens is 343 g/mol. The zero-order valence-corrected chi connectivity index (χ0v) is 10.3. The Kier molecular flexibility index (Phi) is 2.69. The van der Waals surface area contributed by atoms with Crippen LogP contribution < -0.4 is 0 Å². The van der Waals surface area contributed by atoms with Crippen LogP contribution in [0.25, 0.3) is 11.1 Å². The summed E-state index contributed by atoms with van der Waals surface area (Å²) >= 11 is 5.68. The number of benzene rings is 1. The van der Waals surface area contributed by atoms with E-state index in [0.29, 0.717) is 0 Å². The molecule has 0 aliphatic carbocycles. The zero-order chi connectivity index (χ0) is 9.26. The molecule has 2 nitrogen and oxygen atoms in total. The van der Waals surface area contributed by atoms with Gasteiger partial charge in [0.15, 0.2) is 0 Å². The molecule has 0 atom stereocenters. The van der Waals surface area contributed by atoms with Crippen LogP contribution in [0.4, 0.5) is 0 Å². The van der Waals surface area contributed by atoms with Crippen LogP contribution in [-0.4, -0.2) is 10.2 Å². The first-order chi connectivity index (χ1) is 6.27. The maximum atomic E-state index is 3.98. The molecule has 66 valence electrons. The largest absolute Gasteiger partial charge is 0.272 e. The minimum Gasteiger partial charge on any atom is -0.272 e. The van der Waals surface area contributed by atoms with E-state index in [4.69, 9.17) is 0 Å². The highest BCUT2D eigenvalue weighted by Gasteiger charge is 2.04. The Morgan fingerprint density at radius 3 is 2.85 bits per heavy atom. The predicted octanol–water partition coefficient (Wildman–Crippen LogP) is 3.44. The van der Waals surface area contributed by atoms with Crippen molar-refractivity contribution in [3.05, 3.63) is 38.6 Å². The Morgan fingerprint density at radius 1 is 1.38 bits per heavy atom. The van der Waals surface area contributed by atoms with Gasteiger partial charge >= 0.3 is 0 Å². The second kappa shape index (κ2) is 3.79. The third-order valence-electron chi connectivity index (χ3n) is 1.73. The van der Waals surface area contributed by atoms with Crippen LogP contribution in [0.1, 0.15) is 0 Å². The van der Waals surface area contributed by atoms with Crippen molar-refractivity contribution in [2.45, 2.75) is 0 Å². The van der Waals surface area contributed by atoms with E-state index in [1.807, 2.05) is 18.3 Å². The van der Waals surface area contributed by atoms with E-state index >= 15 is 0 Å². The topological polar surface area (TPSA) is 28.7 Å². The van der Waals surface area contributed by atoms with E-state index in [9.17, 15) is 0 Å². The van der Waals surface area contributed by atoms with Gasteiger partial charge < -0.3 is 0 Å². The molecule has 2 aromatic rings. The SMILES string of the molecule is Brc1cccc(-c2cn[nH]c2I)c1. The molecule has 4 heteroatoms. The van der Waals surface area contributed by atoms with E-state index < -0.39 is 0 Å². The van der Waals surface area contributed by atoms with Gasteiger partial charge in [0.05, 0.1) is 6.20 Å². The summed E-state index contributed by atoms with van der Waals surface area (Å²) in [6.07, 6.45) is 1.84. The highest BCUT2D eigenvalue weighted by molar-refractivity contribution is 14.1. The minimum absolute atomic E-state index is 1.07. The van der Waals surface area contributed by atoms with Crippen molar-refractivity contribution in [2.75, 3.05) is 0 Å². The number of hydrogen-bond donors (Lipinski definition) is 1. The normalized spacial score (nSPS) is 10.3. The zero-order valence-electron chi connectivity index (χ0n) is 6.59. The molecule has 0 saturated heterocycles.